The van der Waals surface area contributed by atoms with Gasteiger partial charge < -0.3 is 31.3 Å². The van der Waals surface area contributed by atoms with E-state index in [1.165, 1.54) is 0 Å². The van der Waals surface area contributed by atoms with Crippen molar-refractivity contribution in [1.29, 1.82) is 0 Å². The van der Waals surface area contributed by atoms with Crippen molar-refractivity contribution < 1.29 is 43.1 Å². The number of benzene rings is 1. The highest BCUT2D eigenvalue weighted by molar-refractivity contribution is 6.13. The van der Waals surface area contributed by atoms with Gasteiger partial charge in [0.2, 0.25) is 29.5 Å². The normalized spacial score (nSPS) is 12.9. The van der Waals surface area contributed by atoms with Crippen LogP contribution in [0, 0.1) is 5.92 Å². The molecule has 1 atom stereocenters. The lowest BCUT2D eigenvalue weighted by Crippen LogP contribution is -2.52. The van der Waals surface area contributed by atoms with Crippen LogP contribution >= 0.6 is 0 Å². The Balaban J connectivity index is 1.60. The van der Waals surface area contributed by atoms with Gasteiger partial charge in [0.15, 0.2) is 5.78 Å². The zero-order valence-electron chi connectivity index (χ0n) is 25.4. The van der Waals surface area contributed by atoms with Gasteiger partial charge in [0.25, 0.3) is 11.8 Å². The lowest BCUT2D eigenvalue weighted by atomic mass is 10.0. The van der Waals surface area contributed by atoms with Gasteiger partial charge in [0, 0.05) is 50.4 Å². The van der Waals surface area contributed by atoms with Crippen molar-refractivity contribution in [2.75, 3.05) is 45.9 Å². The molecule has 1 aromatic carbocycles. The summed E-state index contributed by atoms with van der Waals surface area (Å²) < 4.78 is 5.28. The minimum Gasteiger partial charge on any atom is -0.379 e. The molecule has 0 bridgehead atoms. The van der Waals surface area contributed by atoms with E-state index in [2.05, 4.69) is 26.6 Å². The van der Waals surface area contributed by atoms with Crippen LogP contribution in [0.25, 0.3) is 0 Å². The van der Waals surface area contributed by atoms with Crippen molar-refractivity contribution in [3.8, 4) is 0 Å². The molecule has 0 aromatic heterocycles. The fourth-order valence-electron chi connectivity index (χ4n) is 3.80. The number of hydrogen-bond donors (Lipinski definition) is 5. The standard InChI is InChI=1S/C30H40N6O9/c1-20(2)23(37)17-34-30(44)22(16-21-6-4-3-5-7-21)35-27(41)19-33-26(40)18-32-25(39)11-14-45-15-12-31-24(38)10-13-36-28(42)8-9-29(36)43/h3-9,20,22H,10-19H2,1-2H3,(H,31,38)(H,32,39)(H,33,40)(H,34,44)(H,35,41)/t22-/m0/s1. The highest BCUT2D eigenvalue weighted by atomic mass is 16.5. The maximum atomic E-state index is 12.7. The van der Waals surface area contributed by atoms with Crippen molar-refractivity contribution >= 4 is 47.1 Å². The summed E-state index contributed by atoms with van der Waals surface area (Å²) in [5, 5.41) is 12.5. The van der Waals surface area contributed by atoms with E-state index in [1.54, 1.807) is 38.1 Å². The van der Waals surface area contributed by atoms with Crippen molar-refractivity contribution in [2.24, 2.45) is 5.92 Å². The zero-order chi connectivity index (χ0) is 33.2. The molecule has 0 spiro atoms. The SMILES string of the molecule is CC(C)C(=O)CNC(=O)[C@H](Cc1ccccc1)NC(=O)CNC(=O)CNC(=O)CCOCCNC(=O)CCN1C(=O)C=CC1=O. The Bertz CT molecular complexity index is 1250. The predicted molar refractivity (Wildman–Crippen MR) is 160 cm³/mol. The Labute approximate surface area is 260 Å². The number of Topliss-reactive ketones (excluding diaryl/α,β-unsaturated/α-hetero) is 1. The Hall–Kier alpha value is -4.92. The minimum absolute atomic E-state index is 0.0244. The molecule has 0 radical (unpaired) electrons. The van der Waals surface area contributed by atoms with Gasteiger partial charge in [-0.15, -0.1) is 0 Å². The first-order chi connectivity index (χ1) is 21.5. The number of rotatable bonds is 20. The van der Waals surface area contributed by atoms with Gasteiger partial charge in [-0.1, -0.05) is 44.2 Å². The minimum atomic E-state index is -0.978. The summed E-state index contributed by atoms with van der Waals surface area (Å²) >= 11 is 0. The number of carbonyl (C=O) groups is 8. The molecule has 1 aliphatic heterocycles. The van der Waals surface area contributed by atoms with Crippen LogP contribution < -0.4 is 26.6 Å². The first-order valence-corrected chi connectivity index (χ1v) is 14.5. The van der Waals surface area contributed by atoms with Crippen LogP contribution in [0.1, 0.15) is 32.3 Å². The summed E-state index contributed by atoms with van der Waals surface area (Å²) in [5.74, 6) is -3.94. The summed E-state index contributed by atoms with van der Waals surface area (Å²) in [6.07, 6.45) is 2.36. The molecule has 5 N–H and O–H groups in total. The molecule has 15 heteroatoms. The van der Waals surface area contributed by atoms with Gasteiger partial charge in [-0.3, -0.25) is 43.3 Å². The van der Waals surface area contributed by atoms with E-state index in [0.717, 1.165) is 22.6 Å². The third-order valence-electron chi connectivity index (χ3n) is 6.41. The molecular weight excluding hydrogens is 588 g/mol. The number of amides is 7. The zero-order valence-corrected chi connectivity index (χ0v) is 25.4. The van der Waals surface area contributed by atoms with E-state index in [0.29, 0.717) is 0 Å². The Kier molecular flexibility index (Phi) is 15.6. The largest absolute Gasteiger partial charge is 0.379 e. The molecule has 0 unspecified atom stereocenters. The molecule has 15 nitrogen and oxygen atoms in total. The predicted octanol–water partition coefficient (Wildman–Crippen LogP) is -1.87. The molecule has 7 amide bonds. The second-order valence-corrected chi connectivity index (χ2v) is 10.3. The summed E-state index contributed by atoms with van der Waals surface area (Å²) in [5.41, 5.74) is 0.789. The molecule has 0 saturated carbocycles. The van der Waals surface area contributed by atoms with E-state index >= 15 is 0 Å². The maximum Gasteiger partial charge on any atom is 0.253 e. The van der Waals surface area contributed by atoms with Crippen LogP contribution in [-0.4, -0.2) is 104 Å². The van der Waals surface area contributed by atoms with Gasteiger partial charge in [-0.05, 0) is 5.56 Å². The Morgan fingerprint density at radius 1 is 0.733 bits per heavy atom. The first kappa shape index (κ1) is 36.3. The average molecular weight is 629 g/mol. The second kappa shape index (κ2) is 19.4. The molecular formula is C30H40N6O9. The van der Waals surface area contributed by atoms with E-state index < -0.39 is 48.0 Å². The van der Waals surface area contributed by atoms with Crippen LogP contribution in [0.15, 0.2) is 42.5 Å². The summed E-state index contributed by atoms with van der Waals surface area (Å²) in [7, 11) is 0. The molecule has 45 heavy (non-hydrogen) atoms. The molecule has 2 rings (SSSR count). The van der Waals surface area contributed by atoms with Gasteiger partial charge >= 0.3 is 0 Å². The molecule has 244 valence electrons. The number of imide groups is 1. The second-order valence-electron chi connectivity index (χ2n) is 10.3. The Morgan fingerprint density at radius 2 is 1.36 bits per heavy atom. The van der Waals surface area contributed by atoms with Crippen molar-refractivity contribution in [2.45, 2.75) is 39.2 Å². The van der Waals surface area contributed by atoms with Gasteiger partial charge in [0.1, 0.15) is 6.04 Å². The molecule has 0 fully saturated rings. The smallest absolute Gasteiger partial charge is 0.253 e. The number of nitrogens with one attached hydrogen (secondary N) is 5. The monoisotopic (exact) mass is 628 g/mol. The van der Waals surface area contributed by atoms with Crippen LogP contribution in [-0.2, 0) is 49.5 Å². The number of carbonyl (C=O) groups excluding carboxylic acids is 8. The molecule has 1 aliphatic rings. The maximum absolute atomic E-state index is 12.7. The fraction of sp³-hybridized carbons (Fsp3) is 0.467. The number of ketones is 1. The number of nitrogens with zero attached hydrogens (tertiary/aromatic N) is 1. The van der Waals surface area contributed by atoms with Gasteiger partial charge in [-0.25, -0.2) is 0 Å². The summed E-state index contributed by atoms with van der Waals surface area (Å²) in [6, 6.07) is 8.02. The van der Waals surface area contributed by atoms with Crippen LogP contribution in [0.2, 0.25) is 0 Å². The van der Waals surface area contributed by atoms with Gasteiger partial charge in [0.05, 0.1) is 32.8 Å². The average Bonchev–Trinajstić information content (AvgIpc) is 3.34. The quantitative estimate of drug-likeness (QED) is 0.0808. The van der Waals surface area contributed by atoms with E-state index in [4.69, 9.17) is 4.74 Å². The molecule has 1 aromatic rings. The third kappa shape index (κ3) is 14.4. The molecule has 0 aliphatic carbocycles. The van der Waals surface area contributed by atoms with Crippen molar-refractivity contribution in [3.63, 3.8) is 0 Å². The summed E-state index contributed by atoms with van der Waals surface area (Å²) in [4.78, 5) is 97.0. The lowest BCUT2D eigenvalue weighted by Gasteiger charge is -2.19. The number of hydrogen-bond acceptors (Lipinski definition) is 9. The Morgan fingerprint density at radius 3 is 2.02 bits per heavy atom. The van der Waals surface area contributed by atoms with E-state index in [9.17, 15) is 38.4 Å². The summed E-state index contributed by atoms with van der Waals surface area (Å²) in [6.45, 7) is 2.74. The lowest BCUT2D eigenvalue weighted by molar-refractivity contribution is -0.137. The first-order valence-electron chi connectivity index (χ1n) is 14.5. The van der Waals surface area contributed by atoms with Gasteiger partial charge in [-0.2, -0.15) is 0 Å². The topological polar surface area (TPSA) is 209 Å². The van der Waals surface area contributed by atoms with Crippen molar-refractivity contribution in [3.05, 3.63) is 48.0 Å². The highest BCUT2D eigenvalue weighted by Gasteiger charge is 2.24. The molecule has 1 heterocycles. The van der Waals surface area contributed by atoms with E-state index in [1.807, 2.05) is 6.07 Å². The third-order valence-corrected chi connectivity index (χ3v) is 6.41. The van der Waals surface area contributed by atoms with E-state index in [-0.39, 0.29) is 76.3 Å². The molecule has 0 saturated heterocycles. The van der Waals surface area contributed by atoms with Crippen LogP contribution in [0.5, 0.6) is 0 Å². The fourth-order valence-corrected chi connectivity index (χ4v) is 3.80. The highest BCUT2D eigenvalue weighted by Crippen LogP contribution is 2.05. The number of ether oxygens (including phenoxy) is 1. The van der Waals surface area contributed by atoms with Crippen molar-refractivity contribution in [1.82, 2.24) is 31.5 Å². The van der Waals surface area contributed by atoms with Crippen LogP contribution in [0.4, 0.5) is 0 Å². The van der Waals surface area contributed by atoms with Crippen LogP contribution in [0.3, 0.4) is 0 Å².